The molecule has 2 heterocycles. The van der Waals surface area contributed by atoms with E-state index in [2.05, 4.69) is 20.6 Å². The Morgan fingerprint density at radius 1 is 1.29 bits per heavy atom. The number of nitrogens with one attached hydrogen (secondary N) is 2. The minimum Gasteiger partial charge on any atom is -0.324 e. The van der Waals surface area contributed by atoms with Gasteiger partial charge in [0.1, 0.15) is 0 Å². The second-order valence-corrected chi connectivity index (χ2v) is 5.31. The number of rotatable bonds is 3. The first kappa shape index (κ1) is 13.9. The highest BCUT2D eigenvalue weighted by atomic mass is 19.3. The summed E-state index contributed by atoms with van der Waals surface area (Å²) in [5, 5.41) is 6.26. The molecule has 0 atom stereocenters. The highest BCUT2D eigenvalue weighted by Crippen LogP contribution is 2.31. The van der Waals surface area contributed by atoms with E-state index in [1.54, 1.807) is 25.3 Å². The third-order valence-corrected chi connectivity index (χ3v) is 3.52. The van der Waals surface area contributed by atoms with E-state index in [-0.39, 0.29) is 5.56 Å². The highest BCUT2D eigenvalue weighted by molar-refractivity contribution is 5.56. The molecular formula is C15H16F2N4. The normalized spacial score (nSPS) is 14.1. The molecule has 21 heavy (non-hydrogen) atoms. The molecule has 0 radical (unpaired) electrons. The average Bonchev–Trinajstić information content (AvgIpc) is 2.84. The molecule has 1 aromatic carbocycles. The number of aromatic nitrogens is 2. The van der Waals surface area contributed by atoms with Gasteiger partial charge < -0.3 is 10.6 Å². The van der Waals surface area contributed by atoms with Crippen molar-refractivity contribution in [2.75, 3.05) is 5.32 Å². The van der Waals surface area contributed by atoms with E-state index < -0.39 is 5.92 Å². The Bertz CT molecular complexity index is 680. The molecule has 0 saturated carbocycles. The van der Waals surface area contributed by atoms with Crippen LogP contribution in [0.4, 0.5) is 20.4 Å². The Morgan fingerprint density at radius 2 is 2.10 bits per heavy atom. The Kier molecular flexibility index (Phi) is 3.33. The summed E-state index contributed by atoms with van der Waals surface area (Å²) in [6, 6.07) is 4.74. The first-order chi connectivity index (χ1) is 9.93. The van der Waals surface area contributed by atoms with Crippen LogP contribution in [0.1, 0.15) is 29.3 Å². The molecule has 1 aliphatic rings. The SMILES string of the molecule is Cc1cc(Nc2ncc3c(n2)CNC3)ccc1C(C)(F)F. The molecule has 0 saturated heterocycles. The Hall–Kier alpha value is -2.08. The Balaban J connectivity index is 1.84. The summed E-state index contributed by atoms with van der Waals surface area (Å²) in [4.78, 5) is 8.65. The lowest BCUT2D eigenvalue weighted by Crippen LogP contribution is -2.09. The van der Waals surface area contributed by atoms with Crippen molar-refractivity contribution in [2.24, 2.45) is 0 Å². The lowest BCUT2D eigenvalue weighted by molar-refractivity contribution is 0.0168. The number of benzene rings is 1. The van der Waals surface area contributed by atoms with Gasteiger partial charge in [-0.25, -0.2) is 18.7 Å². The van der Waals surface area contributed by atoms with Crippen LogP contribution in [0.2, 0.25) is 0 Å². The molecule has 0 amide bonds. The van der Waals surface area contributed by atoms with Crippen molar-refractivity contribution in [1.29, 1.82) is 0 Å². The molecular weight excluding hydrogens is 274 g/mol. The van der Waals surface area contributed by atoms with Crippen LogP contribution in [0.25, 0.3) is 0 Å². The monoisotopic (exact) mass is 290 g/mol. The molecule has 3 rings (SSSR count). The van der Waals surface area contributed by atoms with Gasteiger partial charge in [-0.1, -0.05) is 6.07 Å². The first-order valence-corrected chi connectivity index (χ1v) is 6.75. The molecule has 0 bridgehead atoms. The number of hydrogen-bond acceptors (Lipinski definition) is 4. The summed E-state index contributed by atoms with van der Waals surface area (Å²) in [5.41, 5.74) is 3.34. The van der Waals surface area contributed by atoms with E-state index in [1.165, 1.54) is 6.07 Å². The Labute approximate surface area is 121 Å². The molecule has 2 N–H and O–H groups in total. The summed E-state index contributed by atoms with van der Waals surface area (Å²) >= 11 is 0. The zero-order valence-electron chi connectivity index (χ0n) is 11.9. The third kappa shape index (κ3) is 2.85. The maximum Gasteiger partial charge on any atom is 0.270 e. The number of hydrogen-bond donors (Lipinski definition) is 2. The number of nitrogens with zero attached hydrogens (tertiary/aromatic N) is 2. The minimum atomic E-state index is -2.83. The maximum atomic E-state index is 13.4. The van der Waals surface area contributed by atoms with Crippen molar-refractivity contribution in [3.63, 3.8) is 0 Å². The number of aryl methyl sites for hydroxylation is 1. The summed E-state index contributed by atoms with van der Waals surface area (Å²) in [6.07, 6.45) is 1.78. The zero-order valence-corrected chi connectivity index (χ0v) is 11.9. The highest BCUT2D eigenvalue weighted by Gasteiger charge is 2.26. The Morgan fingerprint density at radius 3 is 2.81 bits per heavy atom. The lowest BCUT2D eigenvalue weighted by Gasteiger charge is -2.15. The predicted octanol–water partition coefficient (Wildman–Crippen LogP) is 3.24. The molecule has 1 aromatic heterocycles. The van der Waals surface area contributed by atoms with E-state index in [0.29, 0.717) is 17.2 Å². The number of fused-ring (bicyclic) bond motifs is 1. The minimum absolute atomic E-state index is 0.0344. The van der Waals surface area contributed by atoms with Crippen molar-refractivity contribution < 1.29 is 8.78 Å². The van der Waals surface area contributed by atoms with Crippen LogP contribution < -0.4 is 10.6 Å². The fourth-order valence-corrected chi connectivity index (χ4v) is 2.48. The average molecular weight is 290 g/mol. The summed E-state index contributed by atoms with van der Waals surface area (Å²) in [7, 11) is 0. The van der Waals surface area contributed by atoms with E-state index in [1.807, 2.05) is 0 Å². The standard InChI is InChI=1S/C15H16F2N4/c1-9-5-11(3-4-12(9)15(2,16)17)20-14-19-7-10-6-18-8-13(10)21-14/h3-5,7,18H,6,8H2,1-2H3,(H,19,20,21). The van der Waals surface area contributed by atoms with E-state index in [0.717, 1.165) is 31.3 Å². The van der Waals surface area contributed by atoms with Crippen LogP contribution in [0.15, 0.2) is 24.4 Å². The van der Waals surface area contributed by atoms with Gasteiger partial charge in [0.25, 0.3) is 5.92 Å². The van der Waals surface area contributed by atoms with E-state index in [9.17, 15) is 8.78 Å². The van der Waals surface area contributed by atoms with Crippen molar-refractivity contribution in [3.8, 4) is 0 Å². The largest absolute Gasteiger partial charge is 0.324 e. The summed E-state index contributed by atoms with van der Waals surface area (Å²) in [6.45, 7) is 4.09. The smallest absolute Gasteiger partial charge is 0.270 e. The zero-order chi connectivity index (χ0) is 15.0. The van der Waals surface area contributed by atoms with Crippen LogP contribution in [-0.2, 0) is 19.0 Å². The number of alkyl halides is 2. The second-order valence-electron chi connectivity index (χ2n) is 5.31. The van der Waals surface area contributed by atoms with Crippen LogP contribution in [0.5, 0.6) is 0 Å². The molecule has 4 nitrogen and oxygen atoms in total. The lowest BCUT2D eigenvalue weighted by atomic mass is 10.0. The van der Waals surface area contributed by atoms with Gasteiger partial charge >= 0.3 is 0 Å². The first-order valence-electron chi connectivity index (χ1n) is 6.75. The van der Waals surface area contributed by atoms with Crippen molar-refractivity contribution in [1.82, 2.24) is 15.3 Å². The van der Waals surface area contributed by atoms with Gasteiger partial charge in [0, 0.05) is 43.0 Å². The van der Waals surface area contributed by atoms with Gasteiger partial charge in [-0.05, 0) is 24.6 Å². The van der Waals surface area contributed by atoms with Crippen LogP contribution in [-0.4, -0.2) is 9.97 Å². The van der Waals surface area contributed by atoms with Crippen molar-refractivity contribution >= 4 is 11.6 Å². The van der Waals surface area contributed by atoms with Gasteiger partial charge in [-0.3, -0.25) is 0 Å². The van der Waals surface area contributed by atoms with Crippen LogP contribution in [0.3, 0.4) is 0 Å². The van der Waals surface area contributed by atoms with Gasteiger partial charge in [0.15, 0.2) is 0 Å². The topological polar surface area (TPSA) is 49.8 Å². The maximum absolute atomic E-state index is 13.4. The van der Waals surface area contributed by atoms with Crippen molar-refractivity contribution in [3.05, 3.63) is 46.8 Å². The third-order valence-electron chi connectivity index (χ3n) is 3.52. The molecule has 6 heteroatoms. The summed E-state index contributed by atoms with van der Waals surface area (Å²) < 4.78 is 26.7. The predicted molar refractivity (Wildman–Crippen MR) is 76.6 cm³/mol. The molecule has 1 aliphatic heterocycles. The van der Waals surface area contributed by atoms with Crippen molar-refractivity contribution in [2.45, 2.75) is 32.9 Å². The fraction of sp³-hybridized carbons (Fsp3) is 0.333. The van der Waals surface area contributed by atoms with Crippen LogP contribution >= 0.6 is 0 Å². The molecule has 0 aliphatic carbocycles. The molecule has 0 spiro atoms. The van der Waals surface area contributed by atoms with Gasteiger partial charge in [-0.15, -0.1) is 0 Å². The molecule has 0 fully saturated rings. The van der Waals surface area contributed by atoms with Gasteiger partial charge in [-0.2, -0.15) is 0 Å². The summed E-state index contributed by atoms with van der Waals surface area (Å²) in [5.74, 6) is -2.36. The fourth-order valence-electron chi connectivity index (χ4n) is 2.48. The van der Waals surface area contributed by atoms with Gasteiger partial charge in [0.2, 0.25) is 5.95 Å². The van der Waals surface area contributed by atoms with Gasteiger partial charge in [0.05, 0.1) is 5.69 Å². The molecule has 0 unspecified atom stereocenters. The molecule has 2 aromatic rings. The van der Waals surface area contributed by atoms with E-state index in [4.69, 9.17) is 0 Å². The second kappa shape index (κ2) is 5.04. The van der Waals surface area contributed by atoms with Crippen LogP contribution in [0, 0.1) is 6.92 Å². The van der Waals surface area contributed by atoms with E-state index >= 15 is 0 Å². The number of halogens is 2. The number of anilines is 2. The molecule has 110 valence electrons. The quantitative estimate of drug-likeness (QED) is 0.911.